The molecule has 0 unspecified atom stereocenters. The second-order valence-electron chi connectivity index (χ2n) is 4.65. The van der Waals surface area contributed by atoms with E-state index < -0.39 is 0 Å². The smallest absolute Gasteiger partial charge is 0.254 e. The summed E-state index contributed by atoms with van der Waals surface area (Å²) in [6.45, 7) is 0.255. The van der Waals surface area contributed by atoms with E-state index in [0.717, 1.165) is 0 Å². The minimum atomic E-state index is -0.273. The van der Waals surface area contributed by atoms with Crippen LogP contribution in [0.5, 0.6) is 0 Å². The lowest BCUT2D eigenvalue weighted by Gasteiger charge is -2.19. The molecule has 0 spiro atoms. The molecule has 1 rings (SSSR count). The number of hydrogen-bond acceptors (Lipinski definition) is 3. The van der Waals surface area contributed by atoms with Gasteiger partial charge in [0.2, 0.25) is 5.91 Å². The summed E-state index contributed by atoms with van der Waals surface area (Å²) in [5, 5.41) is 0.383. The zero-order chi connectivity index (χ0) is 16.0. The highest BCUT2D eigenvalue weighted by molar-refractivity contribution is 6.32. The predicted octanol–water partition coefficient (Wildman–Crippen LogP) is 0.810. The van der Waals surface area contributed by atoms with Crippen molar-refractivity contribution < 1.29 is 9.59 Å². The quantitative estimate of drug-likeness (QED) is 0.840. The molecule has 0 aromatic heterocycles. The number of nitrogens with zero attached hydrogens (tertiary/aromatic N) is 2. The molecule has 1 aromatic rings. The van der Waals surface area contributed by atoms with E-state index in [1.807, 2.05) is 0 Å². The van der Waals surface area contributed by atoms with Gasteiger partial charge in [-0.05, 0) is 18.2 Å². The number of hydrogen-bond donors (Lipinski definition) is 1. The Morgan fingerprint density at radius 3 is 2.48 bits per heavy atom. The molecule has 0 aliphatic carbocycles. The average molecular weight is 308 g/mol. The van der Waals surface area contributed by atoms with Crippen LogP contribution >= 0.6 is 11.6 Å². The van der Waals surface area contributed by atoms with Crippen molar-refractivity contribution in [3.05, 3.63) is 34.3 Å². The Hall–Kier alpha value is -2.03. The molecule has 0 bridgehead atoms. The van der Waals surface area contributed by atoms with Gasteiger partial charge in [0.15, 0.2) is 0 Å². The van der Waals surface area contributed by atoms with Crippen molar-refractivity contribution in [1.82, 2.24) is 9.80 Å². The van der Waals surface area contributed by atoms with E-state index in [4.69, 9.17) is 17.3 Å². The van der Waals surface area contributed by atoms with E-state index in [-0.39, 0.29) is 24.9 Å². The van der Waals surface area contributed by atoms with Crippen molar-refractivity contribution in [2.75, 3.05) is 34.2 Å². The van der Waals surface area contributed by atoms with Crippen LogP contribution in [-0.2, 0) is 4.79 Å². The molecular formula is C15H18ClN3O2. The number of amides is 2. The van der Waals surface area contributed by atoms with Gasteiger partial charge in [-0.2, -0.15) is 0 Å². The maximum atomic E-state index is 12.2. The van der Waals surface area contributed by atoms with Gasteiger partial charge in [0.05, 0.1) is 18.1 Å². The van der Waals surface area contributed by atoms with Crippen LogP contribution in [0.2, 0.25) is 5.02 Å². The van der Waals surface area contributed by atoms with Crippen LogP contribution in [0.3, 0.4) is 0 Å². The zero-order valence-corrected chi connectivity index (χ0v) is 13.1. The number of halogens is 1. The molecule has 1 aromatic carbocycles. The van der Waals surface area contributed by atoms with Crippen LogP contribution < -0.4 is 5.73 Å². The molecule has 112 valence electrons. The van der Waals surface area contributed by atoms with E-state index in [1.54, 1.807) is 39.3 Å². The summed E-state index contributed by atoms with van der Waals surface area (Å²) < 4.78 is 0. The molecule has 5 nitrogen and oxygen atoms in total. The summed E-state index contributed by atoms with van der Waals surface area (Å²) in [7, 11) is 4.85. The highest BCUT2D eigenvalue weighted by Gasteiger charge is 2.16. The Balaban J connectivity index is 2.88. The van der Waals surface area contributed by atoms with Gasteiger partial charge in [-0.15, -0.1) is 0 Å². The summed E-state index contributed by atoms with van der Waals surface area (Å²) in [6.07, 6.45) is 0. The Morgan fingerprint density at radius 2 is 1.95 bits per heavy atom. The summed E-state index contributed by atoms with van der Waals surface area (Å²) in [6, 6.07) is 4.84. The number of likely N-dealkylation sites (N-methyl/N-ethyl adjacent to an activating group) is 2. The number of carbonyl (C=O) groups is 2. The van der Waals surface area contributed by atoms with Crippen molar-refractivity contribution in [3.8, 4) is 11.8 Å². The second-order valence-corrected chi connectivity index (χ2v) is 5.06. The average Bonchev–Trinajstić information content (AvgIpc) is 2.44. The molecule has 2 N–H and O–H groups in total. The van der Waals surface area contributed by atoms with Crippen LogP contribution in [-0.4, -0.2) is 55.8 Å². The van der Waals surface area contributed by atoms with Crippen LogP contribution in [0.4, 0.5) is 0 Å². The number of carbonyl (C=O) groups excluding carboxylic acids is 2. The van der Waals surface area contributed by atoms with Crippen LogP contribution in [0, 0.1) is 11.8 Å². The van der Waals surface area contributed by atoms with Gasteiger partial charge in [-0.1, -0.05) is 23.4 Å². The molecule has 0 radical (unpaired) electrons. The van der Waals surface area contributed by atoms with E-state index in [9.17, 15) is 9.59 Å². The van der Waals surface area contributed by atoms with Gasteiger partial charge < -0.3 is 15.5 Å². The number of rotatable bonds is 3. The van der Waals surface area contributed by atoms with E-state index in [0.29, 0.717) is 16.1 Å². The predicted molar refractivity (Wildman–Crippen MR) is 83.0 cm³/mol. The van der Waals surface area contributed by atoms with Gasteiger partial charge in [-0.25, -0.2) is 0 Å². The van der Waals surface area contributed by atoms with Gasteiger partial charge in [-0.3, -0.25) is 9.59 Å². The van der Waals surface area contributed by atoms with Crippen molar-refractivity contribution >= 4 is 23.4 Å². The van der Waals surface area contributed by atoms with Gasteiger partial charge in [0.1, 0.15) is 0 Å². The van der Waals surface area contributed by atoms with Crippen LogP contribution in [0.1, 0.15) is 15.9 Å². The molecule has 0 saturated heterocycles. The van der Waals surface area contributed by atoms with Crippen molar-refractivity contribution in [1.29, 1.82) is 0 Å². The summed E-state index contributed by atoms with van der Waals surface area (Å²) in [4.78, 5) is 26.6. The van der Waals surface area contributed by atoms with E-state index in [1.165, 1.54) is 9.80 Å². The SMILES string of the molecule is CN(C)C(=O)CN(C)C(=O)c1ccc(C#CCN)c(Cl)c1. The topological polar surface area (TPSA) is 66.6 Å². The molecule has 0 heterocycles. The number of nitrogens with two attached hydrogens (primary N) is 1. The fourth-order valence-corrected chi connectivity index (χ4v) is 1.76. The maximum Gasteiger partial charge on any atom is 0.254 e. The van der Waals surface area contributed by atoms with Crippen molar-refractivity contribution in [2.45, 2.75) is 0 Å². The third-order valence-electron chi connectivity index (χ3n) is 2.76. The standard InChI is InChI=1S/C15H18ClN3O2/c1-18(2)14(20)10-19(3)15(21)12-7-6-11(5-4-8-17)13(16)9-12/h6-7,9H,8,10,17H2,1-3H3. The minimum Gasteiger partial charge on any atom is -0.347 e. The number of benzene rings is 1. The largest absolute Gasteiger partial charge is 0.347 e. The van der Waals surface area contributed by atoms with Crippen molar-refractivity contribution in [2.24, 2.45) is 5.73 Å². The normalized spacial score (nSPS) is 9.57. The van der Waals surface area contributed by atoms with Gasteiger partial charge in [0, 0.05) is 32.3 Å². The van der Waals surface area contributed by atoms with Gasteiger partial charge >= 0.3 is 0 Å². The first-order valence-corrected chi connectivity index (χ1v) is 6.68. The molecular weight excluding hydrogens is 290 g/mol. The minimum absolute atomic E-state index is 0.0121. The Morgan fingerprint density at radius 1 is 1.29 bits per heavy atom. The first kappa shape index (κ1) is 17.0. The molecule has 0 aliphatic heterocycles. The molecule has 0 atom stereocenters. The summed E-state index contributed by atoms with van der Waals surface area (Å²) in [5.41, 5.74) is 6.33. The lowest BCUT2D eigenvalue weighted by molar-refractivity contribution is -0.129. The fraction of sp³-hybridized carbons (Fsp3) is 0.333. The third-order valence-corrected chi connectivity index (χ3v) is 3.07. The lowest BCUT2D eigenvalue weighted by Crippen LogP contribution is -2.37. The van der Waals surface area contributed by atoms with Crippen LogP contribution in [0.15, 0.2) is 18.2 Å². The Labute approximate surface area is 129 Å². The van der Waals surface area contributed by atoms with E-state index in [2.05, 4.69) is 11.8 Å². The second kappa shape index (κ2) is 7.67. The lowest BCUT2D eigenvalue weighted by atomic mass is 10.1. The molecule has 2 amide bonds. The molecule has 0 fully saturated rings. The first-order valence-electron chi connectivity index (χ1n) is 6.31. The van der Waals surface area contributed by atoms with Crippen molar-refractivity contribution in [3.63, 3.8) is 0 Å². The zero-order valence-electron chi connectivity index (χ0n) is 12.3. The highest BCUT2D eigenvalue weighted by atomic mass is 35.5. The Bertz CT molecular complexity index is 603. The monoisotopic (exact) mass is 307 g/mol. The maximum absolute atomic E-state index is 12.2. The molecule has 6 heteroatoms. The first-order chi connectivity index (χ1) is 9.86. The summed E-state index contributed by atoms with van der Waals surface area (Å²) in [5.74, 6) is 5.10. The molecule has 21 heavy (non-hydrogen) atoms. The summed E-state index contributed by atoms with van der Waals surface area (Å²) >= 11 is 6.08. The fourth-order valence-electron chi connectivity index (χ4n) is 1.53. The van der Waals surface area contributed by atoms with E-state index >= 15 is 0 Å². The highest BCUT2D eigenvalue weighted by Crippen LogP contribution is 2.18. The third kappa shape index (κ3) is 4.78. The Kier molecular flexibility index (Phi) is 6.22. The molecule has 0 saturated carbocycles. The van der Waals surface area contributed by atoms with Gasteiger partial charge in [0.25, 0.3) is 5.91 Å². The molecule has 0 aliphatic rings. The van der Waals surface area contributed by atoms with Crippen LogP contribution in [0.25, 0.3) is 0 Å².